The molecule has 7 heteroatoms. The summed E-state index contributed by atoms with van der Waals surface area (Å²) in [6.07, 6.45) is 2.51. The summed E-state index contributed by atoms with van der Waals surface area (Å²) < 4.78 is 29.6. The van der Waals surface area contributed by atoms with Crippen LogP contribution in [0, 0.1) is 3.57 Å². The molecule has 1 unspecified atom stereocenters. The Labute approximate surface area is 127 Å². The van der Waals surface area contributed by atoms with Crippen LogP contribution in [0.25, 0.3) is 0 Å². The number of piperidine rings is 1. The smallest absolute Gasteiger partial charge is 0.301 e. The molecule has 5 nitrogen and oxygen atoms in total. The van der Waals surface area contributed by atoms with E-state index in [1.807, 2.05) is 6.07 Å². The van der Waals surface area contributed by atoms with Crippen LogP contribution in [0.15, 0.2) is 24.3 Å². The fraction of sp³-hybridized carbons (Fsp3) is 0.500. The molecule has 1 fully saturated rings. The van der Waals surface area contributed by atoms with Gasteiger partial charge in [0.2, 0.25) is 0 Å². The molecule has 0 spiro atoms. The number of aliphatic hydroxyl groups excluding tert-OH is 1. The van der Waals surface area contributed by atoms with Crippen LogP contribution in [0.1, 0.15) is 19.3 Å². The summed E-state index contributed by atoms with van der Waals surface area (Å²) in [6.45, 7) is 0.331. The van der Waals surface area contributed by atoms with Gasteiger partial charge in [-0.2, -0.15) is 12.7 Å². The van der Waals surface area contributed by atoms with Crippen molar-refractivity contribution < 1.29 is 13.5 Å². The van der Waals surface area contributed by atoms with Crippen molar-refractivity contribution in [3.8, 4) is 0 Å². The lowest BCUT2D eigenvalue weighted by Crippen LogP contribution is -2.47. The number of rotatable bonds is 4. The van der Waals surface area contributed by atoms with E-state index in [1.165, 1.54) is 4.31 Å². The maximum atomic E-state index is 12.3. The highest BCUT2D eigenvalue weighted by molar-refractivity contribution is 14.1. The van der Waals surface area contributed by atoms with E-state index in [0.717, 1.165) is 16.4 Å². The van der Waals surface area contributed by atoms with Crippen molar-refractivity contribution in [3.63, 3.8) is 0 Å². The second kappa shape index (κ2) is 6.38. The molecule has 19 heavy (non-hydrogen) atoms. The molecule has 1 saturated heterocycles. The SMILES string of the molecule is O=S(=O)(Nc1cccc(I)c1)N1CCCCC1CO. The first-order valence-corrected chi connectivity index (χ1v) is 8.71. The van der Waals surface area contributed by atoms with E-state index >= 15 is 0 Å². The topological polar surface area (TPSA) is 69.6 Å². The van der Waals surface area contributed by atoms with E-state index in [0.29, 0.717) is 18.7 Å². The Balaban J connectivity index is 2.17. The lowest BCUT2D eigenvalue weighted by atomic mass is 10.1. The normalized spacial score (nSPS) is 21.3. The number of hydrogen-bond acceptors (Lipinski definition) is 3. The molecule has 0 radical (unpaired) electrons. The van der Waals surface area contributed by atoms with Crippen molar-refractivity contribution in [2.45, 2.75) is 25.3 Å². The zero-order chi connectivity index (χ0) is 13.9. The second-order valence-corrected chi connectivity index (χ2v) is 7.43. The summed E-state index contributed by atoms with van der Waals surface area (Å²) in [5.74, 6) is 0. The van der Waals surface area contributed by atoms with Gasteiger partial charge in [0.05, 0.1) is 12.3 Å². The van der Waals surface area contributed by atoms with Gasteiger partial charge in [-0.1, -0.05) is 12.5 Å². The quantitative estimate of drug-likeness (QED) is 0.763. The van der Waals surface area contributed by atoms with Gasteiger partial charge in [-0.3, -0.25) is 4.72 Å². The van der Waals surface area contributed by atoms with Crippen LogP contribution in [0.4, 0.5) is 5.69 Å². The molecular formula is C12H17IN2O3S. The third kappa shape index (κ3) is 3.80. The van der Waals surface area contributed by atoms with E-state index in [2.05, 4.69) is 27.3 Å². The van der Waals surface area contributed by atoms with Gasteiger partial charge in [-0.25, -0.2) is 0 Å². The third-order valence-electron chi connectivity index (χ3n) is 3.16. The standard InChI is InChI=1S/C12H17IN2O3S/c13-10-4-3-5-11(8-10)14-19(17,18)15-7-2-1-6-12(15)9-16/h3-5,8,12,14,16H,1-2,6-7,9H2. The Morgan fingerprint density at radius 2 is 2.21 bits per heavy atom. The van der Waals surface area contributed by atoms with Crippen molar-refractivity contribution >= 4 is 38.5 Å². The summed E-state index contributed by atoms with van der Waals surface area (Å²) in [7, 11) is -3.59. The predicted molar refractivity (Wildman–Crippen MR) is 83.1 cm³/mol. The van der Waals surface area contributed by atoms with Crippen LogP contribution < -0.4 is 4.72 Å². The minimum atomic E-state index is -3.59. The molecule has 0 aliphatic carbocycles. The van der Waals surface area contributed by atoms with E-state index in [1.54, 1.807) is 18.2 Å². The predicted octanol–water partition coefficient (Wildman–Crippen LogP) is 1.79. The Bertz CT molecular complexity index is 536. The summed E-state index contributed by atoms with van der Waals surface area (Å²) in [5, 5.41) is 9.30. The van der Waals surface area contributed by atoms with Crippen LogP contribution in [0.3, 0.4) is 0 Å². The number of nitrogens with one attached hydrogen (secondary N) is 1. The fourth-order valence-corrected chi connectivity index (χ4v) is 4.25. The number of aliphatic hydroxyl groups is 1. The molecule has 1 aliphatic rings. The largest absolute Gasteiger partial charge is 0.395 e. The van der Waals surface area contributed by atoms with Crippen molar-refractivity contribution in [3.05, 3.63) is 27.8 Å². The Morgan fingerprint density at radius 1 is 1.42 bits per heavy atom. The van der Waals surface area contributed by atoms with Crippen molar-refractivity contribution in [1.82, 2.24) is 4.31 Å². The lowest BCUT2D eigenvalue weighted by molar-refractivity contribution is 0.156. The monoisotopic (exact) mass is 396 g/mol. The fourth-order valence-electron chi connectivity index (χ4n) is 2.23. The Hall–Kier alpha value is -0.380. The molecule has 0 amide bonds. The van der Waals surface area contributed by atoms with Crippen molar-refractivity contribution in [1.29, 1.82) is 0 Å². The zero-order valence-corrected chi connectivity index (χ0v) is 13.4. The molecule has 1 aromatic rings. The first-order chi connectivity index (χ1) is 9.03. The van der Waals surface area contributed by atoms with Gasteiger partial charge in [-0.15, -0.1) is 0 Å². The van der Waals surface area contributed by atoms with Gasteiger partial charge < -0.3 is 5.11 Å². The summed E-state index contributed by atoms with van der Waals surface area (Å²) in [6, 6.07) is 6.89. The maximum absolute atomic E-state index is 12.3. The summed E-state index contributed by atoms with van der Waals surface area (Å²) in [4.78, 5) is 0. The summed E-state index contributed by atoms with van der Waals surface area (Å²) >= 11 is 2.13. The lowest BCUT2D eigenvalue weighted by Gasteiger charge is -2.33. The molecule has 0 bridgehead atoms. The van der Waals surface area contributed by atoms with Gasteiger partial charge in [-0.05, 0) is 53.6 Å². The van der Waals surface area contributed by atoms with Crippen LogP contribution in [-0.4, -0.2) is 37.0 Å². The highest BCUT2D eigenvalue weighted by Crippen LogP contribution is 2.22. The number of benzene rings is 1. The molecule has 106 valence electrons. The second-order valence-electron chi connectivity index (χ2n) is 4.56. The Kier molecular flexibility index (Phi) is 5.04. The van der Waals surface area contributed by atoms with Crippen LogP contribution in [-0.2, 0) is 10.2 Å². The zero-order valence-electron chi connectivity index (χ0n) is 10.4. The van der Waals surface area contributed by atoms with Gasteiger partial charge in [0.1, 0.15) is 0 Å². The van der Waals surface area contributed by atoms with Gasteiger partial charge in [0, 0.05) is 16.2 Å². The molecule has 1 aliphatic heterocycles. The molecule has 0 aromatic heterocycles. The molecule has 2 rings (SSSR count). The maximum Gasteiger partial charge on any atom is 0.301 e. The van der Waals surface area contributed by atoms with Crippen molar-refractivity contribution in [2.75, 3.05) is 17.9 Å². The van der Waals surface area contributed by atoms with Crippen LogP contribution in [0.5, 0.6) is 0 Å². The number of anilines is 1. The number of halogens is 1. The molecule has 0 saturated carbocycles. The summed E-state index contributed by atoms with van der Waals surface area (Å²) in [5.41, 5.74) is 0.550. The highest BCUT2D eigenvalue weighted by atomic mass is 127. The molecular weight excluding hydrogens is 379 g/mol. The van der Waals surface area contributed by atoms with E-state index in [9.17, 15) is 13.5 Å². The van der Waals surface area contributed by atoms with Crippen LogP contribution in [0.2, 0.25) is 0 Å². The minimum Gasteiger partial charge on any atom is -0.395 e. The first kappa shape index (κ1) is 15.0. The van der Waals surface area contributed by atoms with E-state index < -0.39 is 10.2 Å². The van der Waals surface area contributed by atoms with Crippen LogP contribution >= 0.6 is 22.6 Å². The Morgan fingerprint density at radius 3 is 2.89 bits per heavy atom. The average Bonchev–Trinajstić information content (AvgIpc) is 2.38. The third-order valence-corrected chi connectivity index (χ3v) is 5.43. The van der Waals surface area contributed by atoms with Gasteiger partial charge in [0.15, 0.2) is 0 Å². The number of nitrogens with zero attached hydrogens (tertiary/aromatic N) is 1. The molecule has 1 atom stereocenters. The molecule has 2 N–H and O–H groups in total. The number of hydrogen-bond donors (Lipinski definition) is 2. The highest BCUT2D eigenvalue weighted by Gasteiger charge is 2.31. The first-order valence-electron chi connectivity index (χ1n) is 6.19. The van der Waals surface area contributed by atoms with Gasteiger partial charge >= 0.3 is 10.2 Å². The van der Waals surface area contributed by atoms with Crippen molar-refractivity contribution in [2.24, 2.45) is 0 Å². The average molecular weight is 396 g/mol. The van der Waals surface area contributed by atoms with Gasteiger partial charge in [0.25, 0.3) is 0 Å². The molecule has 1 heterocycles. The molecule has 1 aromatic carbocycles. The van der Waals surface area contributed by atoms with E-state index in [4.69, 9.17) is 0 Å². The van der Waals surface area contributed by atoms with E-state index in [-0.39, 0.29) is 12.6 Å². The minimum absolute atomic E-state index is 0.132.